The minimum absolute atomic E-state index is 0.679. The molecule has 0 fully saturated rings. The van der Waals surface area contributed by atoms with Crippen molar-refractivity contribution < 1.29 is 24.9 Å². The van der Waals surface area contributed by atoms with Crippen molar-refractivity contribution in [3.63, 3.8) is 0 Å². The first-order valence-corrected chi connectivity index (χ1v) is 3.55. The van der Waals surface area contributed by atoms with Crippen molar-refractivity contribution in [2.75, 3.05) is 6.54 Å². The molecule has 14 heavy (non-hydrogen) atoms. The van der Waals surface area contributed by atoms with Crippen LogP contribution in [0.4, 0.5) is 0 Å². The third kappa shape index (κ3) is 1.30. The lowest BCUT2D eigenvalue weighted by molar-refractivity contribution is -0.159. The Labute approximate surface area is 77.6 Å². The van der Waals surface area contributed by atoms with Crippen LogP contribution in [0.15, 0.2) is 16.7 Å². The summed E-state index contributed by atoms with van der Waals surface area (Å²) in [6.07, 6.45) is -1.71. The van der Waals surface area contributed by atoms with Gasteiger partial charge in [-0.05, 0) is 0 Å². The number of carbonyl (C=O) groups excluding carboxylic acids is 1. The molecule has 0 amide bonds. The van der Waals surface area contributed by atoms with E-state index in [4.69, 9.17) is 15.9 Å². The molecule has 0 bridgehead atoms. The molecule has 5 N–H and O–H groups in total. The van der Waals surface area contributed by atoms with Gasteiger partial charge >= 0.3 is 5.97 Å². The van der Waals surface area contributed by atoms with Crippen LogP contribution < -0.4 is 5.73 Å². The van der Waals surface area contributed by atoms with Crippen LogP contribution in [0.1, 0.15) is 0 Å². The third-order valence-corrected chi connectivity index (χ3v) is 1.79. The zero-order valence-electron chi connectivity index (χ0n) is 6.88. The number of nitroso groups, excluding NO2 is 1. The van der Waals surface area contributed by atoms with E-state index in [1.807, 2.05) is 0 Å². The fourth-order valence-electron chi connectivity index (χ4n) is 0.964. The standard InChI is InChI=1S/C6H8N2O6/c7-6(2(9)1-8-13)4(11)3(10)5(12)14-6/h2,9-11H,1,7H2/t2-,6+/m0/s1. The molecule has 1 heterocycles. The Bertz CT molecular complexity index is 313. The Morgan fingerprint density at radius 3 is 2.50 bits per heavy atom. The van der Waals surface area contributed by atoms with Gasteiger partial charge in [0.1, 0.15) is 12.6 Å². The highest BCUT2D eigenvalue weighted by atomic mass is 16.6. The zero-order chi connectivity index (χ0) is 10.9. The predicted molar refractivity (Wildman–Crippen MR) is 42.0 cm³/mol. The van der Waals surface area contributed by atoms with E-state index in [0.29, 0.717) is 0 Å². The lowest BCUT2D eigenvalue weighted by Gasteiger charge is -2.25. The molecule has 0 aromatic carbocycles. The van der Waals surface area contributed by atoms with Crippen molar-refractivity contribution in [3.8, 4) is 0 Å². The van der Waals surface area contributed by atoms with E-state index in [0.717, 1.165) is 0 Å². The Kier molecular flexibility index (Phi) is 2.41. The summed E-state index contributed by atoms with van der Waals surface area (Å²) in [7, 11) is 0. The molecule has 78 valence electrons. The van der Waals surface area contributed by atoms with Crippen LogP contribution >= 0.6 is 0 Å². The second kappa shape index (κ2) is 3.24. The van der Waals surface area contributed by atoms with Crippen LogP contribution in [0, 0.1) is 4.91 Å². The van der Waals surface area contributed by atoms with Crippen LogP contribution in [0.5, 0.6) is 0 Å². The molecule has 1 aliphatic heterocycles. The summed E-state index contributed by atoms with van der Waals surface area (Å²) in [5, 5.41) is 29.5. The van der Waals surface area contributed by atoms with Gasteiger partial charge in [0.25, 0.3) is 5.72 Å². The Morgan fingerprint density at radius 2 is 2.14 bits per heavy atom. The number of esters is 1. The Balaban J connectivity index is 2.98. The van der Waals surface area contributed by atoms with Crippen LogP contribution in [0.2, 0.25) is 0 Å². The summed E-state index contributed by atoms with van der Waals surface area (Å²) in [6, 6.07) is 0. The minimum Gasteiger partial charge on any atom is -0.504 e. The highest BCUT2D eigenvalue weighted by Crippen LogP contribution is 2.28. The van der Waals surface area contributed by atoms with Crippen molar-refractivity contribution >= 4 is 5.97 Å². The van der Waals surface area contributed by atoms with Crippen molar-refractivity contribution in [2.24, 2.45) is 10.9 Å². The van der Waals surface area contributed by atoms with E-state index < -0.39 is 35.9 Å². The van der Waals surface area contributed by atoms with E-state index in [1.165, 1.54) is 0 Å². The molecule has 0 unspecified atom stereocenters. The van der Waals surface area contributed by atoms with Gasteiger partial charge in [-0.2, -0.15) is 4.91 Å². The molecule has 1 rings (SSSR count). The van der Waals surface area contributed by atoms with E-state index >= 15 is 0 Å². The number of nitrogens with two attached hydrogens (primary N) is 1. The molecule has 8 nitrogen and oxygen atoms in total. The number of rotatable bonds is 3. The van der Waals surface area contributed by atoms with Crippen LogP contribution in [-0.4, -0.2) is 39.7 Å². The molecule has 0 aromatic heterocycles. The summed E-state index contributed by atoms with van der Waals surface area (Å²) in [5.74, 6) is -3.37. The molecule has 0 aromatic rings. The average Bonchev–Trinajstić information content (AvgIpc) is 2.32. The molecular weight excluding hydrogens is 196 g/mol. The lowest BCUT2D eigenvalue weighted by atomic mass is 10.1. The van der Waals surface area contributed by atoms with Gasteiger partial charge in [0.15, 0.2) is 0 Å². The third-order valence-electron chi connectivity index (χ3n) is 1.79. The topological polar surface area (TPSA) is 142 Å². The number of ether oxygens (including phenoxy) is 1. The van der Waals surface area contributed by atoms with Gasteiger partial charge in [-0.3, -0.25) is 5.73 Å². The van der Waals surface area contributed by atoms with Crippen LogP contribution in [0.25, 0.3) is 0 Å². The molecular formula is C6H8N2O6. The first kappa shape index (κ1) is 10.4. The van der Waals surface area contributed by atoms with E-state index in [1.54, 1.807) is 0 Å². The molecule has 0 radical (unpaired) electrons. The maximum Gasteiger partial charge on any atom is 0.379 e. The number of hydrogen-bond donors (Lipinski definition) is 4. The highest BCUT2D eigenvalue weighted by Gasteiger charge is 2.51. The number of cyclic esters (lactones) is 1. The summed E-state index contributed by atoms with van der Waals surface area (Å²) < 4.78 is 4.30. The molecule has 0 saturated carbocycles. The lowest BCUT2D eigenvalue weighted by Crippen LogP contribution is -2.54. The van der Waals surface area contributed by atoms with Crippen LogP contribution in [0.3, 0.4) is 0 Å². The van der Waals surface area contributed by atoms with Crippen molar-refractivity contribution in [1.82, 2.24) is 0 Å². The van der Waals surface area contributed by atoms with Gasteiger partial charge < -0.3 is 20.1 Å². The predicted octanol–water partition coefficient (Wildman–Crippen LogP) is -1.35. The van der Waals surface area contributed by atoms with E-state index in [-0.39, 0.29) is 0 Å². The van der Waals surface area contributed by atoms with Crippen LogP contribution in [-0.2, 0) is 9.53 Å². The van der Waals surface area contributed by atoms with Gasteiger partial charge in [-0.25, -0.2) is 4.79 Å². The average molecular weight is 204 g/mol. The minimum atomic E-state index is -2.30. The quantitative estimate of drug-likeness (QED) is 0.329. The van der Waals surface area contributed by atoms with Crippen molar-refractivity contribution in [2.45, 2.75) is 11.8 Å². The maximum atomic E-state index is 10.7. The summed E-state index contributed by atoms with van der Waals surface area (Å²) in [5.41, 5.74) is 2.96. The number of aliphatic hydroxyl groups is 3. The van der Waals surface area contributed by atoms with Gasteiger partial charge in [-0.15, -0.1) is 0 Å². The van der Waals surface area contributed by atoms with Gasteiger partial charge in [0.2, 0.25) is 11.5 Å². The molecule has 0 saturated heterocycles. The number of hydrogen-bond acceptors (Lipinski definition) is 8. The normalized spacial score (nSPS) is 28.9. The fraction of sp³-hybridized carbons (Fsp3) is 0.500. The number of carbonyl (C=O) groups is 1. The molecule has 0 aliphatic carbocycles. The number of aliphatic hydroxyl groups excluding tert-OH is 3. The summed E-state index contributed by atoms with van der Waals surface area (Å²) in [6.45, 7) is -0.679. The Hall–Kier alpha value is -1.67. The molecule has 0 spiro atoms. The summed E-state index contributed by atoms with van der Waals surface area (Å²) >= 11 is 0. The van der Waals surface area contributed by atoms with Gasteiger partial charge in [0, 0.05) is 0 Å². The van der Waals surface area contributed by atoms with Crippen molar-refractivity contribution in [3.05, 3.63) is 16.4 Å². The number of nitrogens with zero attached hydrogens (tertiary/aromatic N) is 1. The van der Waals surface area contributed by atoms with Crippen molar-refractivity contribution in [1.29, 1.82) is 0 Å². The zero-order valence-corrected chi connectivity index (χ0v) is 6.88. The molecule has 1 aliphatic rings. The Morgan fingerprint density at radius 1 is 1.57 bits per heavy atom. The summed E-state index contributed by atoms with van der Waals surface area (Å²) in [4.78, 5) is 20.5. The molecule has 2 atom stereocenters. The second-order valence-electron chi connectivity index (χ2n) is 2.71. The van der Waals surface area contributed by atoms with Gasteiger partial charge in [-0.1, -0.05) is 5.18 Å². The fourth-order valence-corrected chi connectivity index (χ4v) is 0.964. The smallest absolute Gasteiger partial charge is 0.379 e. The first-order chi connectivity index (χ1) is 6.43. The highest BCUT2D eigenvalue weighted by molar-refractivity contribution is 5.89. The first-order valence-electron chi connectivity index (χ1n) is 3.55. The largest absolute Gasteiger partial charge is 0.504 e. The van der Waals surface area contributed by atoms with Gasteiger partial charge in [0.05, 0.1) is 0 Å². The maximum absolute atomic E-state index is 10.7. The monoisotopic (exact) mass is 204 g/mol. The van der Waals surface area contributed by atoms with E-state index in [2.05, 4.69) is 9.91 Å². The second-order valence-corrected chi connectivity index (χ2v) is 2.71. The van der Waals surface area contributed by atoms with E-state index in [9.17, 15) is 14.8 Å². The molecule has 8 heteroatoms. The SMILES string of the molecule is N[C@]1([C@@H](O)CN=O)OC(=O)C(O)=C1O.